The Morgan fingerprint density at radius 3 is 2.56 bits per heavy atom. The molecule has 9 atom stereocenters. The van der Waals surface area contributed by atoms with Crippen molar-refractivity contribution in [3.63, 3.8) is 0 Å². The number of rotatable bonds is 2. The first-order chi connectivity index (χ1) is 17.0. The van der Waals surface area contributed by atoms with E-state index in [1.165, 1.54) is 6.92 Å². The Morgan fingerprint density at radius 1 is 1.11 bits per heavy atom. The van der Waals surface area contributed by atoms with E-state index in [9.17, 15) is 19.5 Å². The summed E-state index contributed by atoms with van der Waals surface area (Å²) in [5.74, 6) is -2.32. The van der Waals surface area contributed by atoms with Crippen molar-refractivity contribution >= 4 is 17.8 Å². The highest BCUT2D eigenvalue weighted by atomic mass is 16.7. The van der Waals surface area contributed by atoms with Gasteiger partial charge in [0, 0.05) is 17.9 Å². The third kappa shape index (κ3) is 3.78. The predicted molar refractivity (Wildman–Crippen MR) is 129 cm³/mol. The van der Waals surface area contributed by atoms with Crippen LogP contribution in [0.4, 0.5) is 4.79 Å². The molecule has 1 aliphatic carbocycles. The Kier molecular flexibility index (Phi) is 5.87. The Labute approximate surface area is 210 Å². The average Bonchev–Trinajstić information content (AvgIpc) is 3.45. The quantitative estimate of drug-likeness (QED) is 0.368. The van der Waals surface area contributed by atoms with Gasteiger partial charge in [-0.1, -0.05) is 56.3 Å². The number of cyclic esters (lactones) is 1. The van der Waals surface area contributed by atoms with E-state index in [1.807, 2.05) is 56.3 Å². The smallest absolute Gasteiger partial charge is 0.416 e. The van der Waals surface area contributed by atoms with Gasteiger partial charge in [0.1, 0.15) is 5.60 Å². The zero-order chi connectivity index (χ0) is 25.9. The topological polar surface area (TPSA) is 114 Å². The van der Waals surface area contributed by atoms with E-state index >= 15 is 0 Å². The Balaban J connectivity index is 1.58. The van der Waals surface area contributed by atoms with Gasteiger partial charge in [-0.25, -0.2) is 4.79 Å². The fourth-order valence-electron chi connectivity index (χ4n) is 6.51. The number of benzene rings is 1. The van der Waals surface area contributed by atoms with Crippen molar-refractivity contribution in [2.45, 2.75) is 69.5 Å². The van der Waals surface area contributed by atoms with Crippen LogP contribution >= 0.6 is 0 Å². The highest BCUT2D eigenvalue weighted by molar-refractivity contribution is 5.92. The van der Waals surface area contributed by atoms with Crippen molar-refractivity contribution in [2.24, 2.45) is 23.7 Å². The molecule has 8 heteroatoms. The largest absolute Gasteiger partial charge is 0.514 e. The fourth-order valence-corrected chi connectivity index (χ4v) is 6.51. The summed E-state index contributed by atoms with van der Waals surface area (Å²) in [5.41, 5.74) is -2.76. The minimum atomic E-state index is -1.81. The lowest BCUT2D eigenvalue weighted by Gasteiger charge is -2.45. The lowest BCUT2D eigenvalue weighted by Crippen LogP contribution is -2.61. The van der Waals surface area contributed by atoms with Crippen LogP contribution in [0.5, 0.6) is 0 Å². The number of nitrogens with one attached hydrogen (secondary N) is 1. The molecule has 0 bridgehead atoms. The number of fused-ring (bicyclic) bond motifs is 2. The minimum absolute atomic E-state index is 0.0972. The number of ketones is 1. The highest BCUT2D eigenvalue weighted by Gasteiger charge is 2.78. The number of aliphatic hydroxyl groups is 1. The first kappa shape index (κ1) is 24.7. The second kappa shape index (κ2) is 8.56. The molecule has 36 heavy (non-hydrogen) atoms. The normalized spacial score (nSPS) is 45.8. The van der Waals surface area contributed by atoms with Gasteiger partial charge in [0.25, 0.3) is 5.91 Å². The molecule has 4 aliphatic rings. The molecule has 1 spiro atoms. The van der Waals surface area contributed by atoms with Gasteiger partial charge in [-0.2, -0.15) is 0 Å². The molecule has 3 fully saturated rings. The SMILES string of the molecule is C[C@H]1C/C=C/[C@H]2[C@@H]3O[C@]3(C)[C@@H](C)[C@H]3[C@H](Cc4ccccc4)NC(=O)[C@]32OC(=O)O/C=C/[C@](C)(O)C1=O. The number of carbonyl (C=O) groups is 3. The summed E-state index contributed by atoms with van der Waals surface area (Å²) >= 11 is 0. The van der Waals surface area contributed by atoms with E-state index in [1.54, 1.807) is 6.92 Å². The molecule has 1 saturated carbocycles. The molecule has 1 aromatic rings. The number of Topliss-reactive ketones (excluding diaryl/α,β-unsaturated/α-hetero) is 1. The van der Waals surface area contributed by atoms with Crippen LogP contribution in [0.1, 0.15) is 39.7 Å². The molecule has 192 valence electrons. The van der Waals surface area contributed by atoms with Gasteiger partial charge in [0.05, 0.1) is 23.9 Å². The molecule has 0 aromatic heterocycles. The van der Waals surface area contributed by atoms with Crippen LogP contribution in [0.3, 0.4) is 0 Å². The molecule has 0 radical (unpaired) electrons. The number of epoxide rings is 1. The first-order valence-electron chi connectivity index (χ1n) is 12.5. The zero-order valence-electron chi connectivity index (χ0n) is 21.0. The van der Waals surface area contributed by atoms with Crippen molar-refractivity contribution in [3.05, 3.63) is 60.4 Å². The van der Waals surface area contributed by atoms with Gasteiger partial charge >= 0.3 is 6.16 Å². The van der Waals surface area contributed by atoms with Crippen LogP contribution in [0.2, 0.25) is 0 Å². The molecule has 3 heterocycles. The maximum Gasteiger partial charge on any atom is 0.514 e. The van der Waals surface area contributed by atoms with Crippen molar-refractivity contribution in [2.75, 3.05) is 0 Å². The lowest BCUT2D eigenvalue weighted by atomic mass is 9.59. The van der Waals surface area contributed by atoms with Crippen LogP contribution in [0.25, 0.3) is 0 Å². The Morgan fingerprint density at radius 2 is 1.83 bits per heavy atom. The fraction of sp³-hybridized carbons (Fsp3) is 0.536. The van der Waals surface area contributed by atoms with Gasteiger partial charge in [0.2, 0.25) is 5.60 Å². The second-order valence-corrected chi connectivity index (χ2v) is 11.0. The van der Waals surface area contributed by atoms with Crippen molar-refractivity contribution in [1.29, 1.82) is 0 Å². The average molecular weight is 496 g/mol. The summed E-state index contributed by atoms with van der Waals surface area (Å²) in [6.45, 7) is 7.15. The maximum atomic E-state index is 13.8. The number of hydrogen-bond donors (Lipinski definition) is 2. The van der Waals surface area contributed by atoms with Crippen LogP contribution in [0.15, 0.2) is 54.8 Å². The van der Waals surface area contributed by atoms with Crippen molar-refractivity contribution in [3.8, 4) is 0 Å². The molecular weight excluding hydrogens is 462 g/mol. The third-order valence-corrected chi connectivity index (χ3v) is 8.64. The summed E-state index contributed by atoms with van der Waals surface area (Å²) < 4.78 is 17.3. The number of carbonyl (C=O) groups excluding carboxylic acids is 3. The van der Waals surface area contributed by atoms with Gasteiger partial charge in [-0.05, 0) is 44.2 Å². The van der Waals surface area contributed by atoms with Gasteiger partial charge < -0.3 is 24.6 Å². The summed E-state index contributed by atoms with van der Waals surface area (Å²) in [6.07, 6.45) is 5.28. The molecule has 1 aromatic carbocycles. The van der Waals surface area contributed by atoms with Gasteiger partial charge in [0.15, 0.2) is 5.78 Å². The molecule has 0 unspecified atom stereocenters. The second-order valence-electron chi connectivity index (χ2n) is 11.0. The molecule has 2 saturated heterocycles. The monoisotopic (exact) mass is 495 g/mol. The minimum Gasteiger partial charge on any atom is -0.416 e. The molecular formula is C28H33NO7. The summed E-state index contributed by atoms with van der Waals surface area (Å²) in [7, 11) is 0. The van der Waals surface area contributed by atoms with Gasteiger partial charge in [-0.15, -0.1) is 0 Å². The Bertz CT molecular complexity index is 1130. The summed E-state index contributed by atoms with van der Waals surface area (Å²) in [6, 6.07) is 9.58. The molecule has 2 N–H and O–H groups in total. The van der Waals surface area contributed by atoms with E-state index in [2.05, 4.69) is 5.32 Å². The molecule has 3 aliphatic heterocycles. The van der Waals surface area contributed by atoms with E-state index in [-0.39, 0.29) is 29.9 Å². The Hall–Kier alpha value is -2.97. The summed E-state index contributed by atoms with van der Waals surface area (Å²) in [4.78, 5) is 39.5. The van der Waals surface area contributed by atoms with Crippen LogP contribution in [-0.4, -0.2) is 51.9 Å². The number of hydrogen-bond acceptors (Lipinski definition) is 7. The number of amides is 1. The standard InChI is InChI=1S/C28H33NO7/c1-16-9-8-12-19-23-27(4,35-23)17(2)21-20(15-18-10-6-5-7-11-18)29-24(31)28(19,21)36-25(32)34-14-13-26(3,33)22(16)30/h5-8,10-14,16-17,19-21,23,33H,9,15H2,1-4H3,(H,29,31)/b12-8+,14-13+/t16-,17-,19-,20-,21-,23-,26-,27+,28+/m0/s1. The van der Waals surface area contributed by atoms with Crippen LogP contribution in [0, 0.1) is 23.7 Å². The van der Waals surface area contributed by atoms with E-state index in [0.29, 0.717) is 12.8 Å². The van der Waals surface area contributed by atoms with E-state index in [0.717, 1.165) is 17.9 Å². The predicted octanol–water partition coefficient (Wildman–Crippen LogP) is 3.09. The van der Waals surface area contributed by atoms with Crippen LogP contribution in [-0.2, 0) is 30.2 Å². The van der Waals surface area contributed by atoms with Crippen molar-refractivity contribution in [1.82, 2.24) is 5.32 Å². The van der Waals surface area contributed by atoms with Gasteiger partial charge in [-0.3, -0.25) is 9.59 Å². The molecule has 1 amide bonds. The van der Waals surface area contributed by atoms with E-state index in [4.69, 9.17) is 14.2 Å². The van der Waals surface area contributed by atoms with E-state index < -0.39 is 40.6 Å². The highest BCUT2D eigenvalue weighted by Crippen LogP contribution is 2.63. The molecule has 8 nitrogen and oxygen atoms in total. The maximum absolute atomic E-state index is 13.8. The summed E-state index contributed by atoms with van der Waals surface area (Å²) in [5, 5.41) is 13.7. The first-order valence-corrected chi connectivity index (χ1v) is 12.5. The van der Waals surface area contributed by atoms with Crippen LogP contribution < -0.4 is 5.32 Å². The number of ether oxygens (including phenoxy) is 3. The zero-order valence-corrected chi connectivity index (χ0v) is 21.0. The number of allylic oxidation sites excluding steroid dienone is 1. The molecule has 5 rings (SSSR count). The van der Waals surface area contributed by atoms with Crippen molar-refractivity contribution < 1.29 is 33.7 Å². The lowest BCUT2D eigenvalue weighted by molar-refractivity contribution is -0.153. The third-order valence-electron chi connectivity index (χ3n) is 8.64.